The first-order valence-electron chi connectivity index (χ1n) is 8.22. The van der Waals surface area contributed by atoms with Crippen LogP contribution in [0.4, 0.5) is 4.39 Å². The summed E-state index contributed by atoms with van der Waals surface area (Å²) in [7, 11) is 0. The normalized spacial score (nSPS) is 10.4. The summed E-state index contributed by atoms with van der Waals surface area (Å²) in [6, 6.07) is 5.47. The minimum Gasteiger partial charge on any atom is -0.504 e. The average molecular weight is 425 g/mol. The Hall–Kier alpha value is -2.69. The van der Waals surface area contributed by atoms with Gasteiger partial charge in [-0.15, -0.1) is 0 Å². The summed E-state index contributed by atoms with van der Waals surface area (Å²) in [5.41, 5.74) is -0.131. The van der Waals surface area contributed by atoms with E-state index in [0.717, 1.165) is 6.07 Å². The van der Waals surface area contributed by atoms with Crippen molar-refractivity contribution >= 4 is 35.0 Å². The van der Waals surface area contributed by atoms with E-state index < -0.39 is 23.3 Å². The Morgan fingerprint density at radius 1 is 1.32 bits per heavy atom. The lowest BCUT2D eigenvalue weighted by atomic mass is 10.0. The number of pyridine rings is 1. The average Bonchev–Trinajstić information content (AvgIpc) is 2.67. The molecule has 0 unspecified atom stereocenters. The fourth-order valence-corrected chi connectivity index (χ4v) is 2.95. The third-order valence-corrected chi connectivity index (χ3v) is 4.55. The molecule has 0 fully saturated rings. The number of Topliss-reactive ketones (excluding diaryl/α,β-unsaturated/α-hetero) is 1. The van der Waals surface area contributed by atoms with Crippen molar-refractivity contribution in [2.24, 2.45) is 0 Å². The molecule has 6 nitrogen and oxygen atoms in total. The van der Waals surface area contributed by atoms with Gasteiger partial charge in [-0.05, 0) is 30.7 Å². The number of benzene rings is 1. The van der Waals surface area contributed by atoms with Crippen molar-refractivity contribution in [1.29, 1.82) is 5.26 Å². The largest absolute Gasteiger partial charge is 0.504 e. The van der Waals surface area contributed by atoms with Crippen molar-refractivity contribution in [2.45, 2.75) is 26.2 Å². The molecular weight excluding hydrogens is 410 g/mol. The zero-order valence-electron chi connectivity index (χ0n) is 14.8. The maximum absolute atomic E-state index is 13.7. The molecule has 0 aliphatic heterocycles. The molecule has 0 radical (unpaired) electrons. The van der Waals surface area contributed by atoms with Crippen LogP contribution in [0.25, 0.3) is 0 Å². The van der Waals surface area contributed by atoms with E-state index in [0.29, 0.717) is 0 Å². The number of carbonyl (C=O) groups is 2. The zero-order chi connectivity index (χ0) is 20.8. The van der Waals surface area contributed by atoms with Crippen LogP contribution in [0.5, 0.6) is 5.75 Å². The maximum atomic E-state index is 13.7. The second-order valence-electron chi connectivity index (χ2n) is 5.70. The minimum absolute atomic E-state index is 0.0669. The van der Waals surface area contributed by atoms with Crippen LogP contribution < -0.4 is 0 Å². The summed E-state index contributed by atoms with van der Waals surface area (Å²) in [6.45, 7) is 1.82. The molecule has 1 heterocycles. The minimum atomic E-state index is -0.675. The second-order valence-corrected chi connectivity index (χ2v) is 6.48. The van der Waals surface area contributed by atoms with Crippen molar-refractivity contribution in [3.63, 3.8) is 0 Å². The molecule has 0 aliphatic carbocycles. The van der Waals surface area contributed by atoms with Crippen molar-refractivity contribution in [2.75, 3.05) is 6.61 Å². The molecule has 146 valence electrons. The molecule has 9 heteroatoms. The van der Waals surface area contributed by atoms with Crippen LogP contribution in [0.1, 0.15) is 47.1 Å². The maximum Gasteiger partial charge on any atom is 0.306 e. The van der Waals surface area contributed by atoms with E-state index in [1.807, 2.05) is 0 Å². The van der Waals surface area contributed by atoms with Gasteiger partial charge in [-0.2, -0.15) is 5.26 Å². The number of rotatable bonds is 7. The van der Waals surface area contributed by atoms with E-state index in [1.54, 1.807) is 13.0 Å². The summed E-state index contributed by atoms with van der Waals surface area (Å²) in [6.07, 6.45) is -0.515. The predicted molar refractivity (Wildman–Crippen MR) is 100 cm³/mol. The van der Waals surface area contributed by atoms with Crippen LogP contribution in [0.2, 0.25) is 10.0 Å². The number of esters is 1. The van der Waals surface area contributed by atoms with Crippen molar-refractivity contribution in [3.8, 4) is 11.8 Å². The highest BCUT2D eigenvalue weighted by molar-refractivity contribution is 6.36. The number of hydrogen-bond acceptors (Lipinski definition) is 6. The molecule has 0 saturated heterocycles. The summed E-state index contributed by atoms with van der Waals surface area (Å²) >= 11 is 12.0. The lowest BCUT2D eigenvalue weighted by Crippen LogP contribution is -2.11. The van der Waals surface area contributed by atoms with Crippen LogP contribution in [0.15, 0.2) is 18.2 Å². The Labute approximate surface area is 170 Å². The third kappa shape index (κ3) is 4.97. The SMILES string of the molecule is CCOC(=O)CCC(=O)c1nc(Cc2c(Cl)ccc(F)c2Cl)cc(C#N)c1O. The summed E-state index contributed by atoms with van der Waals surface area (Å²) in [5, 5.41) is 19.4. The number of aromatic hydroxyl groups is 1. The van der Waals surface area contributed by atoms with Crippen LogP contribution in [0.3, 0.4) is 0 Å². The highest BCUT2D eigenvalue weighted by atomic mass is 35.5. The van der Waals surface area contributed by atoms with Gasteiger partial charge in [-0.25, -0.2) is 9.37 Å². The monoisotopic (exact) mass is 424 g/mol. The number of carbonyl (C=O) groups excluding carboxylic acids is 2. The Kier molecular flexibility index (Phi) is 7.32. The molecular formula is C19H15Cl2FN2O4. The van der Waals surface area contributed by atoms with Gasteiger partial charge >= 0.3 is 5.97 Å². The summed E-state index contributed by atoms with van der Waals surface area (Å²) < 4.78 is 18.5. The molecule has 2 rings (SSSR count). The summed E-state index contributed by atoms with van der Waals surface area (Å²) in [5.74, 6) is -2.46. The molecule has 0 atom stereocenters. The Morgan fingerprint density at radius 2 is 2.04 bits per heavy atom. The lowest BCUT2D eigenvalue weighted by Gasteiger charge is -2.11. The van der Waals surface area contributed by atoms with E-state index in [-0.39, 0.29) is 58.4 Å². The van der Waals surface area contributed by atoms with E-state index >= 15 is 0 Å². The lowest BCUT2D eigenvalue weighted by molar-refractivity contribution is -0.143. The van der Waals surface area contributed by atoms with Gasteiger partial charge in [-0.3, -0.25) is 9.59 Å². The molecule has 0 aliphatic rings. The third-order valence-electron chi connectivity index (χ3n) is 3.79. The van der Waals surface area contributed by atoms with Crippen molar-refractivity contribution < 1.29 is 23.8 Å². The smallest absolute Gasteiger partial charge is 0.306 e. The van der Waals surface area contributed by atoms with Crippen LogP contribution in [-0.2, 0) is 16.0 Å². The standard InChI is InChI=1S/C19H15Cl2FN2O4/c1-2-28-16(26)6-5-15(25)18-19(27)10(9-23)7-11(24-18)8-12-13(20)3-4-14(22)17(12)21/h3-4,7,27H,2,5-6,8H2,1H3. The van der Waals surface area contributed by atoms with Crippen molar-refractivity contribution in [1.82, 2.24) is 4.98 Å². The first-order chi connectivity index (χ1) is 13.3. The summed E-state index contributed by atoms with van der Waals surface area (Å²) in [4.78, 5) is 27.9. The van der Waals surface area contributed by atoms with Gasteiger partial charge < -0.3 is 9.84 Å². The van der Waals surface area contributed by atoms with E-state index in [4.69, 9.17) is 27.9 Å². The molecule has 0 spiro atoms. The van der Waals surface area contributed by atoms with Crippen LogP contribution >= 0.6 is 23.2 Å². The van der Waals surface area contributed by atoms with Gasteiger partial charge in [0.1, 0.15) is 17.6 Å². The molecule has 1 aromatic carbocycles. The predicted octanol–water partition coefficient (Wildman–Crippen LogP) is 4.22. The number of ether oxygens (including phenoxy) is 1. The molecule has 0 saturated carbocycles. The molecule has 0 bridgehead atoms. The van der Waals surface area contributed by atoms with Crippen LogP contribution in [0, 0.1) is 17.1 Å². The molecule has 28 heavy (non-hydrogen) atoms. The van der Waals surface area contributed by atoms with Gasteiger partial charge in [0, 0.05) is 23.6 Å². The van der Waals surface area contributed by atoms with E-state index in [2.05, 4.69) is 4.98 Å². The highest BCUT2D eigenvalue weighted by Gasteiger charge is 2.21. The van der Waals surface area contributed by atoms with Gasteiger partial charge in [0.05, 0.1) is 23.6 Å². The number of ketones is 1. The number of nitrogens with zero attached hydrogens (tertiary/aromatic N) is 2. The molecule has 2 aromatic rings. The van der Waals surface area contributed by atoms with Gasteiger partial charge in [-0.1, -0.05) is 23.2 Å². The quantitative estimate of drug-likeness (QED) is 0.405. The zero-order valence-corrected chi connectivity index (χ0v) is 16.3. The highest BCUT2D eigenvalue weighted by Crippen LogP contribution is 2.31. The fraction of sp³-hybridized carbons (Fsp3) is 0.263. The molecule has 1 aromatic heterocycles. The van der Waals surface area contributed by atoms with Crippen LogP contribution in [-0.4, -0.2) is 28.4 Å². The number of aromatic nitrogens is 1. The number of nitriles is 1. The van der Waals surface area contributed by atoms with Gasteiger partial charge in [0.25, 0.3) is 0 Å². The number of hydrogen-bond donors (Lipinski definition) is 1. The topological polar surface area (TPSA) is 100 Å². The first-order valence-corrected chi connectivity index (χ1v) is 8.98. The second kappa shape index (κ2) is 9.49. The van der Waals surface area contributed by atoms with Crippen molar-refractivity contribution in [3.05, 3.63) is 56.6 Å². The fourth-order valence-electron chi connectivity index (χ4n) is 2.44. The molecule has 1 N–H and O–H groups in total. The van der Waals surface area contributed by atoms with Gasteiger partial charge in [0.15, 0.2) is 11.5 Å². The first kappa shape index (κ1) is 21.6. The van der Waals surface area contributed by atoms with E-state index in [1.165, 1.54) is 12.1 Å². The molecule has 0 amide bonds. The number of halogens is 3. The Bertz CT molecular complexity index is 973. The van der Waals surface area contributed by atoms with E-state index in [9.17, 15) is 24.3 Å². The van der Waals surface area contributed by atoms with Gasteiger partial charge in [0.2, 0.25) is 0 Å². The Morgan fingerprint density at radius 3 is 2.68 bits per heavy atom. The Balaban J connectivity index is 2.37.